The molecule has 1 unspecified atom stereocenters. The van der Waals surface area contributed by atoms with E-state index in [1.165, 1.54) is 16.7 Å². The molecule has 0 radical (unpaired) electrons. The van der Waals surface area contributed by atoms with Crippen molar-refractivity contribution in [3.8, 4) is 0 Å². The van der Waals surface area contributed by atoms with Gasteiger partial charge in [-0.05, 0) is 20.8 Å². The monoisotopic (exact) mass is 272 g/mol. The van der Waals surface area contributed by atoms with Gasteiger partial charge in [0.25, 0.3) is 0 Å². The molecule has 1 fully saturated rings. The summed E-state index contributed by atoms with van der Waals surface area (Å²) in [4.78, 5) is 26.6. The third-order valence-corrected chi connectivity index (χ3v) is 3.78. The first kappa shape index (κ1) is 14.9. The number of urea groups is 1. The van der Waals surface area contributed by atoms with Crippen LogP contribution in [0.3, 0.4) is 0 Å². The second kappa shape index (κ2) is 5.65. The average Bonchev–Trinajstić information content (AvgIpc) is 2.72. The van der Waals surface area contributed by atoms with Crippen molar-refractivity contribution in [1.82, 2.24) is 9.80 Å². The maximum absolute atomic E-state index is 12.4. The van der Waals surface area contributed by atoms with E-state index in [0.717, 1.165) is 0 Å². The van der Waals surface area contributed by atoms with Crippen molar-refractivity contribution in [2.75, 3.05) is 18.2 Å². The fourth-order valence-electron chi connectivity index (χ4n) is 1.76. The van der Waals surface area contributed by atoms with Crippen LogP contribution in [0.2, 0.25) is 0 Å². The van der Waals surface area contributed by atoms with Gasteiger partial charge in [-0.3, -0.25) is 0 Å². The predicted molar refractivity (Wildman–Crippen MR) is 72.6 cm³/mol. The van der Waals surface area contributed by atoms with Crippen molar-refractivity contribution in [2.24, 2.45) is 0 Å². The number of carboxylic acid groups (broad SMARTS) is 1. The quantitative estimate of drug-likeness (QED) is 0.797. The molecule has 1 saturated heterocycles. The Balaban J connectivity index is 2.89. The Kier molecular flexibility index (Phi) is 4.67. The first-order valence-corrected chi connectivity index (χ1v) is 6.94. The van der Waals surface area contributed by atoms with Crippen LogP contribution in [0.1, 0.15) is 20.8 Å². The number of carbonyl (C=O) groups is 2. The third-order valence-electron chi connectivity index (χ3n) is 2.77. The Morgan fingerprint density at radius 3 is 2.61 bits per heavy atom. The highest BCUT2D eigenvalue weighted by Crippen LogP contribution is 2.25. The summed E-state index contributed by atoms with van der Waals surface area (Å²) in [7, 11) is 0. The minimum absolute atomic E-state index is 0.236. The summed E-state index contributed by atoms with van der Waals surface area (Å²) in [5.74, 6) is -0.0621. The molecule has 0 aromatic heterocycles. The number of amides is 2. The van der Waals surface area contributed by atoms with Gasteiger partial charge in [0.15, 0.2) is 0 Å². The zero-order valence-corrected chi connectivity index (χ0v) is 11.9. The number of carboxylic acids is 1. The summed E-state index contributed by atoms with van der Waals surface area (Å²) in [6.45, 7) is 9.83. The number of aliphatic carboxylic acids is 1. The van der Waals surface area contributed by atoms with Crippen LogP contribution in [0.5, 0.6) is 0 Å². The van der Waals surface area contributed by atoms with Crippen LogP contribution in [-0.2, 0) is 4.79 Å². The van der Waals surface area contributed by atoms with E-state index in [1.807, 2.05) is 20.8 Å². The smallest absolute Gasteiger partial charge is 0.327 e. The van der Waals surface area contributed by atoms with E-state index >= 15 is 0 Å². The van der Waals surface area contributed by atoms with Gasteiger partial charge in [0.1, 0.15) is 6.04 Å². The van der Waals surface area contributed by atoms with Gasteiger partial charge in [-0.15, -0.1) is 18.3 Å². The van der Waals surface area contributed by atoms with Crippen LogP contribution in [0.15, 0.2) is 12.7 Å². The summed E-state index contributed by atoms with van der Waals surface area (Å²) in [6.07, 6.45) is 1.65. The molecule has 5 nitrogen and oxygen atoms in total. The second-order valence-corrected chi connectivity index (χ2v) is 6.18. The zero-order chi connectivity index (χ0) is 13.9. The van der Waals surface area contributed by atoms with Gasteiger partial charge in [-0.2, -0.15) is 0 Å². The zero-order valence-electron chi connectivity index (χ0n) is 11.0. The Morgan fingerprint density at radius 1 is 1.56 bits per heavy atom. The summed E-state index contributed by atoms with van der Waals surface area (Å²) in [5.41, 5.74) is -0.360. The van der Waals surface area contributed by atoms with Gasteiger partial charge >= 0.3 is 12.0 Å². The fourth-order valence-corrected chi connectivity index (χ4v) is 2.90. The predicted octanol–water partition coefficient (Wildman–Crippen LogP) is 1.85. The van der Waals surface area contributed by atoms with Crippen molar-refractivity contribution >= 4 is 23.8 Å². The first-order chi connectivity index (χ1) is 8.29. The van der Waals surface area contributed by atoms with E-state index < -0.39 is 12.0 Å². The molecule has 1 aliphatic heterocycles. The van der Waals surface area contributed by atoms with E-state index in [-0.39, 0.29) is 11.6 Å². The third kappa shape index (κ3) is 3.19. The minimum Gasteiger partial charge on any atom is -0.480 e. The summed E-state index contributed by atoms with van der Waals surface area (Å²) < 4.78 is 0. The standard InChI is InChI=1S/C12H20N2O3S/c1-5-6-14(12(2,3)4)11(17)13-8-18-7-9(13)10(15)16/h5,9H,1,6-8H2,2-4H3,(H,15,16). The molecule has 1 rings (SSSR count). The Hall–Kier alpha value is -1.17. The van der Waals surface area contributed by atoms with Crippen molar-refractivity contribution in [3.05, 3.63) is 12.7 Å². The van der Waals surface area contributed by atoms with Gasteiger partial charge in [-0.25, -0.2) is 9.59 Å². The molecule has 0 spiro atoms. The first-order valence-electron chi connectivity index (χ1n) is 5.78. The molecule has 0 aromatic carbocycles. The lowest BCUT2D eigenvalue weighted by Crippen LogP contribution is -2.54. The highest BCUT2D eigenvalue weighted by atomic mass is 32.2. The Labute approximate surface area is 112 Å². The lowest BCUT2D eigenvalue weighted by atomic mass is 10.1. The highest BCUT2D eigenvalue weighted by Gasteiger charge is 2.39. The molecule has 1 aliphatic rings. The summed E-state index contributed by atoms with van der Waals surface area (Å²) in [6, 6.07) is -0.961. The molecule has 2 amide bonds. The maximum Gasteiger partial charge on any atom is 0.327 e. The number of rotatable bonds is 3. The van der Waals surface area contributed by atoms with E-state index in [4.69, 9.17) is 5.11 Å². The van der Waals surface area contributed by atoms with Crippen LogP contribution in [0, 0.1) is 0 Å². The van der Waals surface area contributed by atoms with Crippen LogP contribution in [-0.4, -0.2) is 56.7 Å². The fraction of sp³-hybridized carbons (Fsp3) is 0.667. The number of nitrogens with zero attached hydrogens (tertiary/aromatic N) is 2. The molecule has 102 valence electrons. The van der Waals surface area contributed by atoms with Crippen molar-refractivity contribution < 1.29 is 14.7 Å². The average molecular weight is 272 g/mol. The van der Waals surface area contributed by atoms with Crippen LogP contribution in [0.25, 0.3) is 0 Å². The number of thioether (sulfide) groups is 1. The van der Waals surface area contributed by atoms with Gasteiger partial charge in [0.2, 0.25) is 0 Å². The highest BCUT2D eigenvalue weighted by molar-refractivity contribution is 7.99. The Bertz CT molecular complexity index is 352. The summed E-state index contributed by atoms with van der Waals surface area (Å²) in [5, 5.41) is 9.10. The summed E-state index contributed by atoms with van der Waals surface area (Å²) >= 11 is 1.46. The molecule has 0 aromatic rings. The molecule has 1 heterocycles. The normalized spacial score (nSPS) is 19.7. The molecule has 1 atom stereocenters. The van der Waals surface area contributed by atoms with Gasteiger partial charge in [0.05, 0.1) is 5.88 Å². The molecule has 0 aliphatic carbocycles. The number of hydrogen-bond donors (Lipinski definition) is 1. The second-order valence-electron chi connectivity index (χ2n) is 5.18. The topological polar surface area (TPSA) is 60.9 Å². The van der Waals surface area contributed by atoms with E-state index in [0.29, 0.717) is 18.2 Å². The molecular formula is C12H20N2O3S. The molecular weight excluding hydrogens is 252 g/mol. The molecule has 6 heteroatoms. The van der Waals surface area contributed by atoms with Crippen LogP contribution >= 0.6 is 11.8 Å². The molecule has 0 saturated carbocycles. The van der Waals surface area contributed by atoms with Gasteiger partial charge in [-0.1, -0.05) is 6.08 Å². The molecule has 18 heavy (non-hydrogen) atoms. The van der Waals surface area contributed by atoms with Crippen molar-refractivity contribution in [3.63, 3.8) is 0 Å². The lowest BCUT2D eigenvalue weighted by molar-refractivity contribution is -0.141. The minimum atomic E-state index is -0.944. The Morgan fingerprint density at radius 2 is 2.17 bits per heavy atom. The lowest BCUT2D eigenvalue weighted by Gasteiger charge is -2.38. The van der Waals surface area contributed by atoms with Gasteiger partial charge < -0.3 is 14.9 Å². The van der Waals surface area contributed by atoms with Crippen molar-refractivity contribution in [2.45, 2.75) is 32.4 Å². The number of hydrogen-bond acceptors (Lipinski definition) is 3. The van der Waals surface area contributed by atoms with Crippen LogP contribution < -0.4 is 0 Å². The van der Waals surface area contributed by atoms with Gasteiger partial charge in [0, 0.05) is 17.8 Å². The number of carbonyl (C=O) groups excluding carboxylic acids is 1. The molecule has 1 N–H and O–H groups in total. The van der Waals surface area contributed by atoms with E-state index in [1.54, 1.807) is 11.0 Å². The van der Waals surface area contributed by atoms with Crippen LogP contribution in [0.4, 0.5) is 4.79 Å². The van der Waals surface area contributed by atoms with E-state index in [9.17, 15) is 9.59 Å². The largest absolute Gasteiger partial charge is 0.480 e. The molecule has 0 bridgehead atoms. The SMILES string of the molecule is C=CCN(C(=O)N1CSCC1C(=O)O)C(C)(C)C. The maximum atomic E-state index is 12.4. The van der Waals surface area contributed by atoms with E-state index in [2.05, 4.69) is 6.58 Å². The van der Waals surface area contributed by atoms with Crippen molar-refractivity contribution in [1.29, 1.82) is 0 Å².